The number of hydrogen-bond donors (Lipinski definition) is 1. The smallest absolute Gasteiger partial charge is 0.241 e. The molecule has 0 aliphatic rings. The number of methoxy groups -OCH3 is 1. The summed E-state index contributed by atoms with van der Waals surface area (Å²) in [6.45, 7) is 1.42. The van der Waals surface area contributed by atoms with E-state index in [9.17, 15) is 17.6 Å². The molecule has 0 saturated carbocycles. The van der Waals surface area contributed by atoms with E-state index in [0.29, 0.717) is 11.5 Å². The Kier molecular flexibility index (Phi) is 7.69. The fourth-order valence-electron chi connectivity index (χ4n) is 2.43. The number of anilines is 1. The SMILES string of the molecule is COc1ccc(OC[C@@H](C)NC(=O)CN(c2ccc(F)c(Cl)c2)S(C)(=O)=O)cc1. The van der Waals surface area contributed by atoms with Crippen molar-refractivity contribution in [2.75, 3.05) is 30.8 Å². The Morgan fingerprint density at radius 2 is 1.83 bits per heavy atom. The summed E-state index contributed by atoms with van der Waals surface area (Å²) in [6.07, 6.45) is 0.952. The third kappa shape index (κ3) is 6.79. The fraction of sp³-hybridized carbons (Fsp3) is 0.316. The van der Waals surface area contributed by atoms with Crippen LogP contribution in [0.4, 0.5) is 10.1 Å². The highest BCUT2D eigenvalue weighted by atomic mass is 35.5. The molecule has 0 bridgehead atoms. The van der Waals surface area contributed by atoms with E-state index < -0.39 is 28.3 Å². The molecule has 0 fully saturated rings. The number of ether oxygens (including phenoxy) is 2. The van der Waals surface area contributed by atoms with Crippen molar-refractivity contribution in [1.29, 1.82) is 0 Å². The topological polar surface area (TPSA) is 84.9 Å². The van der Waals surface area contributed by atoms with Crippen LogP contribution in [0.15, 0.2) is 42.5 Å². The molecule has 2 aromatic rings. The van der Waals surface area contributed by atoms with Gasteiger partial charge < -0.3 is 14.8 Å². The summed E-state index contributed by atoms with van der Waals surface area (Å²) in [5, 5.41) is 2.43. The molecule has 1 atom stereocenters. The number of sulfonamides is 1. The van der Waals surface area contributed by atoms with Crippen LogP contribution in [0.25, 0.3) is 0 Å². The first-order valence-electron chi connectivity index (χ1n) is 8.59. The molecule has 29 heavy (non-hydrogen) atoms. The van der Waals surface area contributed by atoms with Gasteiger partial charge in [-0.05, 0) is 49.4 Å². The molecule has 2 aromatic carbocycles. The third-order valence-corrected chi connectivity index (χ3v) is 5.28. The van der Waals surface area contributed by atoms with Crippen LogP contribution in [-0.2, 0) is 14.8 Å². The average molecular weight is 445 g/mol. The number of benzene rings is 2. The number of halogens is 2. The summed E-state index contributed by atoms with van der Waals surface area (Å²) >= 11 is 5.73. The first kappa shape index (κ1) is 22.8. The van der Waals surface area contributed by atoms with Gasteiger partial charge in [0.05, 0.1) is 30.1 Å². The Morgan fingerprint density at radius 3 is 2.38 bits per heavy atom. The Hall–Kier alpha value is -2.52. The van der Waals surface area contributed by atoms with Gasteiger partial charge in [-0.25, -0.2) is 12.8 Å². The lowest BCUT2D eigenvalue weighted by Gasteiger charge is -2.23. The highest BCUT2D eigenvalue weighted by Gasteiger charge is 2.22. The standard InChI is InChI=1S/C19H22ClFN2O5S/c1-13(12-28-16-7-5-15(27-2)6-8-16)22-19(24)11-23(29(3,25)26)14-4-9-18(21)17(20)10-14/h4-10,13H,11-12H2,1-3H3,(H,22,24)/t13-/m1/s1. The molecule has 7 nitrogen and oxygen atoms in total. The van der Waals surface area contributed by atoms with Crippen molar-refractivity contribution in [1.82, 2.24) is 5.32 Å². The first-order valence-corrected chi connectivity index (χ1v) is 10.8. The lowest BCUT2D eigenvalue weighted by molar-refractivity contribution is -0.120. The van der Waals surface area contributed by atoms with Crippen molar-refractivity contribution in [3.8, 4) is 11.5 Å². The maximum Gasteiger partial charge on any atom is 0.241 e. The van der Waals surface area contributed by atoms with Gasteiger partial charge in [-0.15, -0.1) is 0 Å². The maximum absolute atomic E-state index is 13.4. The van der Waals surface area contributed by atoms with Gasteiger partial charge in [0, 0.05) is 0 Å². The summed E-state index contributed by atoms with van der Waals surface area (Å²) in [5.74, 6) is 0.0744. The van der Waals surface area contributed by atoms with E-state index in [2.05, 4.69) is 5.32 Å². The van der Waals surface area contributed by atoms with Crippen LogP contribution >= 0.6 is 11.6 Å². The summed E-state index contributed by atoms with van der Waals surface area (Å²) < 4.78 is 49.0. The summed E-state index contributed by atoms with van der Waals surface area (Å²) in [5.41, 5.74) is 0.0937. The molecule has 0 aliphatic carbocycles. The lowest BCUT2D eigenvalue weighted by atomic mass is 10.3. The minimum Gasteiger partial charge on any atom is -0.497 e. The number of hydrogen-bond acceptors (Lipinski definition) is 5. The Balaban J connectivity index is 1.97. The Morgan fingerprint density at radius 1 is 1.21 bits per heavy atom. The normalized spacial score (nSPS) is 12.2. The number of carbonyl (C=O) groups excluding carboxylic acids is 1. The number of amides is 1. The van der Waals surface area contributed by atoms with Crippen molar-refractivity contribution in [2.24, 2.45) is 0 Å². The molecule has 2 rings (SSSR count). The third-order valence-electron chi connectivity index (χ3n) is 3.85. The Bertz CT molecular complexity index is 954. The Labute approximate surface area is 174 Å². The molecule has 158 valence electrons. The second-order valence-electron chi connectivity index (χ2n) is 6.32. The molecule has 0 spiro atoms. The second-order valence-corrected chi connectivity index (χ2v) is 8.64. The molecule has 0 aliphatic heterocycles. The van der Waals surface area contributed by atoms with E-state index in [4.69, 9.17) is 21.1 Å². The lowest BCUT2D eigenvalue weighted by Crippen LogP contribution is -2.44. The predicted molar refractivity (Wildman–Crippen MR) is 110 cm³/mol. The monoisotopic (exact) mass is 444 g/mol. The molecular weight excluding hydrogens is 423 g/mol. The van der Waals surface area contributed by atoms with E-state index in [-0.39, 0.29) is 23.4 Å². The van der Waals surface area contributed by atoms with Crippen molar-refractivity contribution >= 4 is 33.2 Å². The van der Waals surface area contributed by atoms with Crippen LogP contribution in [-0.4, -0.2) is 46.9 Å². The minimum absolute atomic E-state index is 0.0937. The van der Waals surface area contributed by atoms with Crippen LogP contribution in [0, 0.1) is 5.82 Å². The zero-order valence-electron chi connectivity index (χ0n) is 16.2. The van der Waals surface area contributed by atoms with Crippen molar-refractivity contribution in [3.05, 3.63) is 53.3 Å². The van der Waals surface area contributed by atoms with Gasteiger partial charge in [-0.1, -0.05) is 11.6 Å². The predicted octanol–water partition coefficient (Wildman–Crippen LogP) is 2.84. The molecule has 0 unspecified atom stereocenters. The number of rotatable bonds is 9. The largest absolute Gasteiger partial charge is 0.497 e. The number of nitrogens with zero attached hydrogens (tertiary/aromatic N) is 1. The molecule has 1 amide bonds. The van der Waals surface area contributed by atoms with Crippen molar-refractivity contribution in [3.63, 3.8) is 0 Å². The summed E-state index contributed by atoms with van der Waals surface area (Å²) in [6, 6.07) is 10.0. The van der Waals surface area contributed by atoms with Gasteiger partial charge >= 0.3 is 0 Å². The first-order chi connectivity index (χ1) is 13.6. The van der Waals surface area contributed by atoms with Crippen molar-refractivity contribution < 1.29 is 27.1 Å². The molecular formula is C19H22ClFN2O5S. The highest BCUT2D eigenvalue weighted by molar-refractivity contribution is 7.92. The number of carbonyl (C=O) groups is 1. The van der Waals surface area contributed by atoms with Crippen molar-refractivity contribution in [2.45, 2.75) is 13.0 Å². The van der Waals surface area contributed by atoms with E-state index in [1.54, 1.807) is 38.3 Å². The van der Waals surface area contributed by atoms with Gasteiger partial charge in [0.15, 0.2) is 0 Å². The van der Waals surface area contributed by atoms with Gasteiger partial charge in [0.2, 0.25) is 15.9 Å². The molecule has 0 radical (unpaired) electrons. The van der Waals surface area contributed by atoms with Gasteiger partial charge in [0.25, 0.3) is 0 Å². The molecule has 0 heterocycles. The van der Waals surface area contributed by atoms with Crippen LogP contribution < -0.4 is 19.1 Å². The summed E-state index contributed by atoms with van der Waals surface area (Å²) in [4.78, 5) is 12.3. The van der Waals surface area contributed by atoms with E-state index in [0.717, 1.165) is 22.7 Å². The van der Waals surface area contributed by atoms with Crippen LogP contribution in [0.2, 0.25) is 5.02 Å². The second kappa shape index (κ2) is 9.80. The minimum atomic E-state index is -3.79. The summed E-state index contributed by atoms with van der Waals surface area (Å²) in [7, 11) is -2.23. The van der Waals surface area contributed by atoms with E-state index >= 15 is 0 Å². The van der Waals surface area contributed by atoms with Crippen LogP contribution in [0.3, 0.4) is 0 Å². The maximum atomic E-state index is 13.4. The van der Waals surface area contributed by atoms with E-state index in [1.807, 2.05) is 0 Å². The number of nitrogens with one attached hydrogen (secondary N) is 1. The average Bonchev–Trinajstić information content (AvgIpc) is 2.66. The zero-order valence-corrected chi connectivity index (χ0v) is 17.8. The van der Waals surface area contributed by atoms with Gasteiger partial charge in [-0.2, -0.15) is 0 Å². The molecule has 1 N–H and O–H groups in total. The van der Waals surface area contributed by atoms with E-state index in [1.165, 1.54) is 6.07 Å². The van der Waals surface area contributed by atoms with Crippen LogP contribution in [0.1, 0.15) is 6.92 Å². The fourth-order valence-corrected chi connectivity index (χ4v) is 3.45. The van der Waals surface area contributed by atoms with Crippen LogP contribution in [0.5, 0.6) is 11.5 Å². The van der Waals surface area contributed by atoms with Gasteiger partial charge in [0.1, 0.15) is 30.5 Å². The molecule has 0 saturated heterocycles. The quantitative estimate of drug-likeness (QED) is 0.642. The van der Waals surface area contributed by atoms with Gasteiger partial charge in [-0.3, -0.25) is 9.10 Å². The molecule has 0 aromatic heterocycles. The highest BCUT2D eigenvalue weighted by Crippen LogP contribution is 2.24. The zero-order chi connectivity index (χ0) is 21.6. The molecule has 10 heteroatoms.